The molecule has 2 aliphatic heterocycles. The van der Waals surface area contributed by atoms with Crippen LogP contribution in [0.1, 0.15) is 17.6 Å². The van der Waals surface area contributed by atoms with Crippen molar-refractivity contribution in [1.29, 1.82) is 0 Å². The summed E-state index contributed by atoms with van der Waals surface area (Å²) in [7, 11) is 1.29. The Labute approximate surface area is 227 Å². The Bertz CT molecular complexity index is 1130. The molecule has 1 aromatic carbocycles. The van der Waals surface area contributed by atoms with E-state index in [-0.39, 0.29) is 59.7 Å². The Hall–Kier alpha value is -2.09. The molecule has 13 heteroatoms. The number of rotatable bonds is 8. The number of methoxy groups -OCH3 is 1. The number of aliphatic carboxylic acids is 1. The molecule has 2 aliphatic rings. The van der Waals surface area contributed by atoms with Crippen molar-refractivity contribution >= 4 is 46.4 Å². The number of fused-ring (bicyclic) bond motifs is 1. The number of benzene rings is 1. The van der Waals surface area contributed by atoms with Crippen molar-refractivity contribution in [3.8, 4) is 0 Å². The van der Waals surface area contributed by atoms with E-state index in [1.54, 1.807) is 36.5 Å². The van der Waals surface area contributed by atoms with Gasteiger partial charge in [-0.2, -0.15) is 0 Å². The molecule has 0 bridgehead atoms. The number of aromatic nitrogens is 2. The van der Waals surface area contributed by atoms with Gasteiger partial charge in [0.1, 0.15) is 16.9 Å². The van der Waals surface area contributed by atoms with E-state index in [0.717, 1.165) is 16.7 Å². The van der Waals surface area contributed by atoms with Gasteiger partial charge in [-0.05, 0) is 5.57 Å². The number of amides is 2. The Kier molecular flexibility index (Phi) is 8.66. The Morgan fingerprint density at radius 3 is 2.74 bits per heavy atom. The van der Waals surface area contributed by atoms with Gasteiger partial charge in [0.2, 0.25) is 11.0 Å². The molecule has 0 spiro atoms. The number of H-pyrrole nitrogens is 1. The van der Waals surface area contributed by atoms with E-state index in [2.05, 4.69) is 15.3 Å². The molecule has 1 saturated heterocycles. The summed E-state index contributed by atoms with van der Waals surface area (Å²) in [5, 5.41) is 11.5. The van der Waals surface area contributed by atoms with Crippen molar-refractivity contribution in [2.45, 2.75) is 17.5 Å². The number of nitrogens with one attached hydrogen (secondary N) is 2. The van der Waals surface area contributed by atoms with Crippen molar-refractivity contribution in [1.82, 2.24) is 20.2 Å². The molecule has 0 saturated carbocycles. The van der Waals surface area contributed by atoms with Crippen LogP contribution in [0.15, 0.2) is 54.0 Å². The van der Waals surface area contributed by atoms with E-state index >= 15 is 0 Å². The van der Waals surface area contributed by atoms with Gasteiger partial charge in [0.05, 0.1) is 6.42 Å². The number of hydrogen-bond donors (Lipinski definition) is 3. The van der Waals surface area contributed by atoms with E-state index in [9.17, 15) is 24.3 Å². The zero-order valence-electron chi connectivity index (χ0n) is 19.4. The summed E-state index contributed by atoms with van der Waals surface area (Å²) in [4.78, 5) is 58.0. The van der Waals surface area contributed by atoms with Crippen molar-refractivity contribution < 1.29 is 60.0 Å². The molecule has 3 heterocycles. The zero-order valence-corrected chi connectivity index (χ0v) is 22.1. The predicted octanol–water partition coefficient (Wildman–Crippen LogP) is -1.64. The van der Waals surface area contributed by atoms with Crippen LogP contribution in [0.25, 0.3) is 0 Å². The summed E-state index contributed by atoms with van der Waals surface area (Å²) < 4.78 is 5.42. The monoisotopic (exact) mass is 512 g/mol. The van der Waals surface area contributed by atoms with Crippen LogP contribution in [-0.2, 0) is 25.5 Å². The minimum absolute atomic E-state index is 0. The molecule has 0 aliphatic carbocycles. The minimum atomic E-state index is -1.67. The van der Waals surface area contributed by atoms with E-state index in [1.807, 2.05) is 0 Å². The van der Waals surface area contributed by atoms with Gasteiger partial charge in [0, 0.05) is 36.6 Å². The maximum atomic E-state index is 13.1. The fourth-order valence-electron chi connectivity index (χ4n) is 3.66. The van der Waals surface area contributed by atoms with Gasteiger partial charge in [-0.25, -0.2) is 9.78 Å². The SMILES string of the molecule is COC1(NC(=O)Cc2ncc[nH]2)C(=O)N2C(C(=O)O)=C(CSC(=O)c3ccccc3)CS[C@@H]21.[H-].[Na+]. The molecule has 4 rings (SSSR count). The summed E-state index contributed by atoms with van der Waals surface area (Å²) >= 11 is 2.25. The minimum Gasteiger partial charge on any atom is -1.00 e. The van der Waals surface area contributed by atoms with Gasteiger partial charge in [-0.3, -0.25) is 19.3 Å². The number of aromatic amines is 1. The summed E-state index contributed by atoms with van der Waals surface area (Å²) in [6.45, 7) is 0. The van der Waals surface area contributed by atoms with E-state index in [0.29, 0.717) is 17.0 Å². The smallest absolute Gasteiger partial charge is 1.00 e. The van der Waals surface area contributed by atoms with Crippen LogP contribution in [0.2, 0.25) is 0 Å². The quantitative estimate of drug-likeness (QED) is 0.216. The van der Waals surface area contributed by atoms with Gasteiger partial charge in [0.25, 0.3) is 11.6 Å². The second-order valence-electron chi connectivity index (χ2n) is 7.24. The zero-order chi connectivity index (χ0) is 23.6. The fraction of sp³-hybridized carbons (Fsp3) is 0.286. The second-order valence-corrected chi connectivity index (χ2v) is 9.26. The molecule has 1 unspecified atom stereocenters. The average Bonchev–Trinajstić information content (AvgIpc) is 3.33. The Morgan fingerprint density at radius 1 is 1.38 bits per heavy atom. The summed E-state index contributed by atoms with van der Waals surface area (Å²) in [6.07, 6.45) is 3.00. The number of carbonyl (C=O) groups excluding carboxylic acids is 3. The molecule has 3 N–H and O–H groups in total. The largest absolute Gasteiger partial charge is 1.00 e. The first-order valence-corrected chi connectivity index (χ1v) is 11.9. The molecule has 1 aromatic heterocycles. The van der Waals surface area contributed by atoms with Crippen LogP contribution >= 0.6 is 23.5 Å². The topological polar surface area (TPSA) is 142 Å². The molecule has 174 valence electrons. The van der Waals surface area contributed by atoms with E-state index in [4.69, 9.17) is 4.74 Å². The van der Waals surface area contributed by atoms with Crippen LogP contribution in [0, 0.1) is 0 Å². The van der Waals surface area contributed by atoms with Gasteiger partial charge in [-0.15, -0.1) is 11.8 Å². The number of thioether (sulfide) groups is 2. The van der Waals surface area contributed by atoms with E-state index in [1.165, 1.54) is 25.1 Å². The van der Waals surface area contributed by atoms with Crippen molar-refractivity contribution in [2.75, 3.05) is 18.6 Å². The first-order chi connectivity index (χ1) is 15.9. The molecule has 2 aromatic rings. The van der Waals surface area contributed by atoms with Gasteiger partial charge in [-0.1, -0.05) is 42.1 Å². The first kappa shape index (κ1) is 26.5. The number of imidazole rings is 1. The van der Waals surface area contributed by atoms with Crippen LogP contribution in [0.4, 0.5) is 0 Å². The van der Waals surface area contributed by atoms with Crippen LogP contribution < -0.4 is 34.9 Å². The molecule has 2 atom stereocenters. The number of ether oxygens (including phenoxy) is 1. The average molecular weight is 513 g/mol. The number of carboxylic acid groups (broad SMARTS) is 1. The number of carbonyl (C=O) groups is 4. The Morgan fingerprint density at radius 2 is 2.12 bits per heavy atom. The van der Waals surface area contributed by atoms with Crippen LogP contribution in [0.3, 0.4) is 0 Å². The van der Waals surface area contributed by atoms with Crippen molar-refractivity contribution in [3.05, 3.63) is 65.4 Å². The van der Waals surface area contributed by atoms with Crippen LogP contribution in [-0.4, -0.2) is 72.6 Å². The number of carboxylic acids is 1. The van der Waals surface area contributed by atoms with Crippen molar-refractivity contribution in [2.24, 2.45) is 0 Å². The summed E-state index contributed by atoms with van der Waals surface area (Å²) in [5.74, 6) is -1.62. The number of nitrogens with zero attached hydrogens (tertiary/aromatic N) is 2. The Balaban J connectivity index is 0.00000216. The van der Waals surface area contributed by atoms with Gasteiger partial charge in [0.15, 0.2) is 0 Å². The van der Waals surface area contributed by atoms with Crippen LogP contribution in [0.5, 0.6) is 0 Å². The molecule has 1 fully saturated rings. The second kappa shape index (κ2) is 11.1. The van der Waals surface area contributed by atoms with Crippen molar-refractivity contribution in [3.63, 3.8) is 0 Å². The fourth-order valence-corrected chi connectivity index (χ4v) is 6.08. The summed E-state index contributed by atoms with van der Waals surface area (Å²) in [6, 6.07) is 8.67. The third-order valence-electron chi connectivity index (χ3n) is 5.23. The van der Waals surface area contributed by atoms with E-state index < -0.39 is 28.9 Å². The molecule has 2 amide bonds. The molecular weight excluding hydrogens is 491 g/mol. The standard InChI is InChI=1S/C21H20N4O6S2.Na.H/c1-31-21(24-15(26)9-14-22-7-8-23-14)19(30)25-16(17(27)28)13(11-33-20(21)25)10-32-18(29)12-5-3-2-4-6-12;;/h2-8,20H,9-11H2,1H3,(H,22,23)(H,24,26)(H,27,28);;/q;+1;-1/t20-,21?;;/m1../s1. The summed E-state index contributed by atoms with van der Waals surface area (Å²) in [5.41, 5.74) is -0.879. The molecule has 10 nitrogen and oxygen atoms in total. The van der Waals surface area contributed by atoms with Gasteiger partial charge < -0.3 is 21.6 Å². The maximum Gasteiger partial charge on any atom is 1.00 e. The third-order valence-corrected chi connectivity index (χ3v) is 7.59. The first-order valence-electron chi connectivity index (χ1n) is 9.84. The van der Waals surface area contributed by atoms with Gasteiger partial charge >= 0.3 is 35.5 Å². The third kappa shape index (κ3) is 4.97. The molecule has 34 heavy (non-hydrogen) atoms. The number of hydrogen-bond acceptors (Lipinski definition) is 8. The molecule has 0 radical (unpaired) electrons. The number of β-lactam (4-membered cyclic amide) rings is 1. The predicted molar refractivity (Wildman–Crippen MR) is 122 cm³/mol. The molecular formula is C21H21N4NaO6S2. The maximum absolute atomic E-state index is 13.1. The normalized spacial score (nSPS) is 21.3.